The van der Waals surface area contributed by atoms with Crippen molar-refractivity contribution in [1.29, 1.82) is 0 Å². The summed E-state index contributed by atoms with van der Waals surface area (Å²) in [5, 5.41) is 12.4. The Hall–Kier alpha value is -2.58. The third-order valence-electron chi connectivity index (χ3n) is 3.23. The molecule has 1 fully saturated rings. The van der Waals surface area contributed by atoms with E-state index in [1.165, 1.54) is 12.3 Å². The highest BCUT2D eigenvalue weighted by Gasteiger charge is 2.23. The van der Waals surface area contributed by atoms with Crippen LogP contribution in [-0.2, 0) is 16.1 Å². The molecular weight excluding hydrogens is 326 g/mol. The van der Waals surface area contributed by atoms with E-state index in [9.17, 15) is 14.4 Å². The van der Waals surface area contributed by atoms with Crippen molar-refractivity contribution in [3.63, 3.8) is 0 Å². The summed E-state index contributed by atoms with van der Waals surface area (Å²) >= 11 is 0. The number of aromatic nitrogens is 2. The van der Waals surface area contributed by atoms with Crippen molar-refractivity contribution in [2.24, 2.45) is 0 Å². The van der Waals surface area contributed by atoms with Crippen molar-refractivity contribution >= 4 is 17.7 Å². The van der Waals surface area contributed by atoms with Crippen LogP contribution in [0.2, 0.25) is 0 Å². The van der Waals surface area contributed by atoms with E-state index in [1.807, 2.05) is 0 Å². The van der Waals surface area contributed by atoms with Crippen molar-refractivity contribution < 1.29 is 14.3 Å². The molecule has 0 spiro atoms. The number of alkyl carbamates (subject to hydrolysis) is 1. The van der Waals surface area contributed by atoms with Gasteiger partial charge in [0.25, 0.3) is 5.56 Å². The molecule has 3 N–H and O–H groups in total. The number of hydrogen-bond acceptors (Lipinski definition) is 6. The van der Waals surface area contributed by atoms with Gasteiger partial charge in [0.15, 0.2) is 0 Å². The zero-order valence-electron chi connectivity index (χ0n) is 14.8. The predicted octanol–water partition coefficient (Wildman–Crippen LogP) is 0.459. The third kappa shape index (κ3) is 7.23. The van der Waals surface area contributed by atoms with Gasteiger partial charge in [-0.3, -0.25) is 9.59 Å². The topological polar surface area (TPSA) is 114 Å². The van der Waals surface area contributed by atoms with Crippen LogP contribution in [0.3, 0.4) is 0 Å². The number of amides is 2. The highest BCUT2D eigenvalue weighted by atomic mass is 16.6. The summed E-state index contributed by atoms with van der Waals surface area (Å²) in [5.74, 6) is -0.209. The maximum Gasteiger partial charge on any atom is 0.407 e. The Morgan fingerprint density at radius 3 is 2.64 bits per heavy atom. The molecule has 1 aromatic heterocycles. The van der Waals surface area contributed by atoms with Crippen molar-refractivity contribution in [3.8, 4) is 0 Å². The lowest BCUT2D eigenvalue weighted by Gasteiger charge is -2.19. The number of rotatable bonds is 7. The summed E-state index contributed by atoms with van der Waals surface area (Å²) in [5.41, 5.74) is -0.386. The standard InChI is InChI=1S/C16H25N5O4/c1-16(2,3)25-15(24)18-7-6-17-12-8-14(23)21(19-9-12)10-13(22)20-11-4-5-11/h8-9,11,17H,4-7,10H2,1-3H3,(H,18,24)(H,20,22). The van der Waals surface area contributed by atoms with E-state index in [4.69, 9.17) is 4.74 Å². The molecule has 2 amide bonds. The fourth-order valence-corrected chi connectivity index (χ4v) is 1.97. The Morgan fingerprint density at radius 1 is 1.32 bits per heavy atom. The zero-order chi connectivity index (χ0) is 18.4. The lowest BCUT2D eigenvalue weighted by molar-refractivity contribution is -0.122. The highest BCUT2D eigenvalue weighted by molar-refractivity contribution is 5.76. The van der Waals surface area contributed by atoms with E-state index >= 15 is 0 Å². The Labute approximate surface area is 146 Å². The molecule has 2 rings (SSSR count). The minimum absolute atomic E-state index is 0.0875. The van der Waals surface area contributed by atoms with Crippen molar-refractivity contribution in [2.75, 3.05) is 18.4 Å². The number of hydrogen-bond donors (Lipinski definition) is 3. The van der Waals surface area contributed by atoms with Gasteiger partial charge in [0.2, 0.25) is 5.91 Å². The van der Waals surface area contributed by atoms with Gasteiger partial charge in [0.1, 0.15) is 12.1 Å². The summed E-state index contributed by atoms with van der Waals surface area (Å²) in [7, 11) is 0. The molecule has 1 aliphatic carbocycles. The van der Waals surface area contributed by atoms with Crippen LogP contribution in [-0.4, -0.2) is 46.5 Å². The maximum atomic E-state index is 12.0. The largest absolute Gasteiger partial charge is 0.444 e. The average Bonchev–Trinajstić information content (AvgIpc) is 3.28. The Morgan fingerprint density at radius 2 is 2.04 bits per heavy atom. The first-order valence-corrected chi connectivity index (χ1v) is 8.30. The minimum atomic E-state index is -0.544. The number of carbonyl (C=O) groups excluding carboxylic acids is 2. The molecule has 138 valence electrons. The molecular formula is C16H25N5O4. The van der Waals surface area contributed by atoms with Crippen LogP contribution < -0.4 is 21.5 Å². The van der Waals surface area contributed by atoms with E-state index in [0.29, 0.717) is 18.8 Å². The van der Waals surface area contributed by atoms with Gasteiger partial charge in [0.05, 0.1) is 11.9 Å². The first-order valence-electron chi connectivity index (χ1n) is 8.30. The van der Waals surface area contributed by atoms with Gasteiger partial charge >= 0.3 is 6.09 Å². The maximum absolute atomic E-state index is 12.0. The van der Waals surface area contributed by atoms with E-state index in [0.717, 1.165) is 17.5 Å². The van der Waals surface area contributed by atoms with E-state index < -0.39 is 11.7 Å². The van der Waals surface area contributed by atoms with Gasteiger partial charge in [-0.25, -0.2) is 9.48 Å². The monoisotopic (exact) mass is 351 g/mol. The second kappa shape index (κ2) is 8.00. The molecule has 0 atom stereocenters. The minimum Gasteiger partial charge on any atom is -0.444 e. The number of carbonyl (C=O) groups is 2. The van der Waals surface area contributed by atoms with Crippen LogP contribution in [0.15, 0.2) is 17.1 Å². The van der Waals surface area contributed by atoms with E-state index in [-0.39, 0.29) is 24.1 Å². The molecule has 0 aromatic carbocycles. The molecule has 9 nitrogen and oxygen atoms in total. The van der Waals surface area contributed by atoms with Crippen LogP contribution in [0.4, 0.5) is 10.5 Å². The highest BCUT2D eigenvalue weighted by Crippen LogP contribution is 2.18. The zero-order valence-corrected chi connectivity index (χ0v) is 14.8. The summed E-state index contributed by atoms with van der Waals surface area (Å²) in [4.78, 5) is 35.1. The Balaban J connectivity index is 1.73. The van der Waals surface area contributed by atoms with Crippen LogP contribution in [0.5, 0.6) is 0 Å². The number of nitrogens with one attached hydrogen (secondary N) is 3. The predicted molar refractivity (Wildman–Crippen MR) is 92.4 cm³/mol. The first kappa shape index (κ1) is 18.8. The molecule has 0 bridgehead atoms. The smallest absolute Gasteiger partial charge is 0.407 e. The van der Waals surface area contributed by atoms with Gasteiger partial charge in [-0.2, -0.15) is 5.10 Å². The molecule has 0 aliphatic heterocycles. The van der Waals surface area contributed by atoms with Crippen LogP contribution in [0.1, 0.15) is 33.6 Å². The molecule has 0 radical (unpaired) electrons. The lowest BCUT2D eigenvalue weighted by Crippen LogP contribution is -2.35. The molecule has 0 unspecified atom stereocenters. The van der Waals surface area contributed by atoms with E-state index in [2.05, 4.69) is 21.0 Å². The second-order valence-electron chi connectivity index (χ2n) is 6.94. The van der Waals surface area contributed by atoms with Crippen LogP contribution in [0, 0.1) is 0 Å². The fourth-order valence-electron chi connectivity index (χ4n) is 1.97. The Bertz CT molecular complexity index is 676. The number of nitrogens with zero attached hydrogens (tertiary/aromatic N) is 2. The van der Waals surface area contributed by atoms with Crippen molar-refractivity contribution in [3.05, 3.63) is 22.6 Å². The fraction of sp³-hybridized carbons (Fsp3) is 0.625. The van der Waals surface area contributed by atoms with Gasteiger partial charge in [-0.15, -0.1) is 0 Å². The molecule has 1 saturated carbocycles. The molecule has 9 heteroatoms. The SMILES string of the molecule is CC(C)(C)OC(=O)NCCNc1cnn(CC(=O)NC2CC2)c(=O)c1. The summed E-state index contributed by atoms with van der Waals surface area (Å²) in [6, 6.07) is 1.62. The quantitative estimate of drug-likeness (QED) is 0.615. The summed E-state index contributed by atoms with van der Waals surface area (Å²) < 4.78 is 6.23. The molecule has 1 aromatic rings. The Kier molecular flexibility index (Phi) is 6.00. The number of ether oxygens (including phenoxy) is 1. The van der Waals surface area contributed by atoms with Gasteiger partial charge < -0.3 is 20.7 Å². The summed E-state index contributed by atoms with van der Waals surface area (Å²) in [6.45, 7) is 6.02. The number of anilines is 1. The first-order chi connectivity index (χ1) is 11.7. The molecule has 0 saturated heterocycles. The van der Waals surface area contributed by atoms with Gasteiger partial charge in [-0.1, -0.05) is 0 Å². The van der Waals surface area contributed by atoms with E-state index in [1.54, 1.807) is 20.8 Å². The lowest BCUT2D eigenvalue weighted by atomic mass is 10.2. The van der Waals surface area contributed by atoms with Crippen LogP contribution >= 0.6 is 0 Å². The van der Waals surface area contributed by atoms with Crippen LogP contribution in [0.25, 0.3) is 0 Å². The van der Waals surface area contributed by atoms with Gasteiger partial charge in [-0.05, 0) is 33.6 Å². The second-order valence-corrected chi connectivity index (χ2v) is 6.94. The average molecular weight is 351 g/mol. The van der Waals surface area contributed by atoms with Gasteiger partial charge in [0, 0.05) is 25.2 Å². The molecule has 1 heterocycles. The molecule has 25 heavy (non-hydrogen) atoms. The van der Waals surface area contributed by atoms with Crippen molar-refractivity contribution in [1.82, 2.24) is 20.4 Å². The normalized spacial score (nSPS) is 13.9. The van der Waals surface area contributed by atoms with Crippen molar-refractivity contribution in [2.45, 2.75) is 51.8 Å². The third-order valence-corrected chi connectivity index (χ3v) is 3.23. The molecule has 1 aliphatic rings. The summed E-state index contributed by atoms with van der Waals surface area (Å²) in [6.07, 6.45) is 2.96.